The number of fused-ring (bicyclic) bond motifs is 1. The summed E-state index contributed by atoms with van der Waals surface area (Å²) in [6, 6.07) is 12.5. The number of carbonyl (C=O) groups is 1. The summed E-state index contributed by atoms with van der Waals surface area (Å²) in [5, 5.41) is 2.89. The monoisotopic (exact) mass is 284 g/mol. The summed E-state index contributed by atoms with van der Waals surface area (Å²) in [7, 11) is 2.01. The number of benzene rings is 1. The molecule has 0 unspecified atom stereocenters. The molecule has 1 N–H and O–H groups in total. The first-order valence-electron chi connectivity index (χ1n) is 7.31. The van der Waals surface area contributed by atoms with Crippen LogP contribution in [0.4, 0.5) is 0 Å². The third-order valence-electron chi connectivity index (χ3n) is 4.07. The number of furan rings is 1. The minimum Gasteiger partial charge on any atom is -0.467 e. The van der Waals surface area contributed by atoms with Crippen LogP contribution in [0.3, 0.4) is 0 Å². The van der Waals surface area contributed by atoms with Crippen LogP contribution in [-0.4, -0.2) is 24.4 Å². The molecule has 1 aliphatic carbocycles. The van der Waals surface area contributed by atoms with E-state index in [4.69, 9.17) is 4.42 Å². The Labute approximate surface area is 124 Å². The van der Waals surface area contributed by atoms with Gasteiger partial charge in [-0.1, -0.05) is 24.3 Å². The fourth-order valence-corrected chi connectivity index (χ4v) is 2.98. The number of rotatable bonds is 5. The molecule has 1 atom stereocenters. The van der Waals surface area contributed by atoms with Gasteiger partial charge in [-0.25, -0.2) is 0 Å². The van der Waals surface area contributed by atoms with Crippen molar-refractivity contribution in [3.8, 4) is 0 Å². The molecule has 1 aromatic heterocycles. The van der Waals surface area contributed by atoms with Crippen LogP contribution in [0.5, 0.6) is 0 Å². The fraction of sp³-hybridized carbons (Fsp3) is 0.353. The number of aryl methyl sites for hydroxylation is 1. The predicted molar refractivity (Wildman–Crippen MR) is 80.7 cm³/mol. The average Bonchev–Trinajstić information content (AvgIpc) is 3.14. The molecule has 0 bridgehead atoms. The van der Waals surface area contributed by atoms with E-state index in [9.17, 15) is 4.79 Å². The molecule has 0 spiro atoms. The Bertz CT molecular complexity index is 607. The molecular formula is C17H20N2O2. The fourth-order valence-electron chi connectivity index (χ4n) is 2.98. The molecule has 4 heteroatoms. The van der Waals surface area contributed by atoms with Crippen LogP contribution in [0.1, 0.15) is 29.3 Å². The van der Waals surface area contributed by atoms with E-state index in [1.54, 1.807) is 6.26 Å². The van der Waals surface area contributed by atoms with E-state index in [0.717, 1.165) is 18.6 Å². The molecule has 21 heavy (non-hydrogen) atoms. The summed E-state index contributed by atoms with van der Waals surface area (Å²) in [5.41, 5.74) is 2.77. The highest BCUT2D eigenvalue weighted by Gasteiger charge is 2.26. The standard InChI is InChI=1S/C17H20N2O2/c1-19(12-17(20)18-11-14-6-4-10-21-14)16-9-8-13-5-2-3-7-15(13)16/h2-7,10,16H,8-9,11-12H2,1H3,(H,18,20)/t16-/m1/s1. The van der Waals surface area contributed by atoms with Gasteiger partial charge in [0.15, 0.2) is 0 Å². The van der Waals surface area contributed by atoms with Crippen LogP contribution in [0, 0.1) is 0 Å². The van der Waals surface area contributed by atoms with Gasteiger partial charge in [0, 0.05) is 6.04 Å². The molecule has 1 amide bonds. The lowest BCUT2D eigenvalue weighted by Crippen LogP contribution is -2.36. The Kier molecular flexibility index (Phi) is 4.06. The van der Waals surface area contributed by atoms with Crippen LogP contribution in [-0.2, 0) is 17.8 Å². The second kappa shape index (κ2) is 6.14. The Hall–Kier alpha value is -2.07. The number of hydrogen-bond donors (Lipinski definition) is 1. The van der Waals surface area contributed by atoms with E-state index in [1.807, 2.05) is 19.2 Å². The quantitative estimate of drug-likeness (QED) is 0.917. The number of nitrogens with one attached hydrogen (secondary N) is 1. The minimum absolute atomic E-state index is 0.0262. The van der Waals surface area contributed by atoms with Gasteiger partial charge < -0.3 is 9.73 Å². The zero-order valence-electron chi connectivity index (χ0n) is 12.2. The SMILES string of the molecule is CN(CC(=O)NCc1ccco1)[C@@H]1CCc2ccccc21. The lowest BCUT2D eigenvalue weighted by molar-refractivity contribution is -0.122. The second-order valence-electron chi connectivity index (χ2n) is 5.52. The topological polar surface area (TPSA) is 45.5 Å². The van der Waals surface area contributed by atoms with Gasteiger partial charge in [0.1, 0.15) is 5.76 Å². The molecule has 0 fully saturated rings. The Morgan fingerprint density at radius 2 is 2.19 bits per heavy atom. The first kappa shape index (κ1) is 13.9. The molecule has 0 saturated carbocycles. The van der Waals surface area contributed by atoms with Crippen molar-refractivity contribution in [3.63, 3.8) is 0 Å². The highest BCUT2D eigenvalue weighted by atomic mass is 16.3. The van der Waals surface area contributed by atoms with Crippen molar-refractivity contribution in [2.45, 2.75) is 25.4 Å². The summed E-state index contributed by atoms with van der Waals surface area (Å²) < 4.78 is 5.21. The third kappa shape index (κ3) is 3.16. The minimum atomic E-state index is 0.0262. The van der Waals surface area contributed by atoms with Gasteiger partial charge in [-0.15, -0.1) is 0 Å². The Balaban J connectivity index is 1.54. The number of hydrogen-bond acceptors (Lipinski definition) is 3. The normalized spacial score (nSPS) is 17.0. The van der Waals surface area contributed by atoms with Gasteiger partial charge >= 0.3 is 0 Å². The van der Waals surface area contributed by atoms with Crippen LogP contribution in [0.2, 0.25) is 0 Å². The van der Waals surface area contributed by atoms with Crippen LogP contribution >= 0.6 is 0 Å². The van der Waals surface area contributed by atoms with E-state index in [1.165, 1.54) is 11.1 Å². The molecule has 1 heterocycles. The van der Waals surface area contributed by atoms with E-state index >= 15 is 0 Å². The number of amides is 1. The molecule has 4 nitrogen and oxygen atoms in total. The lowest BCUT2D eigenvalue weighted by Gasteiger charge is -2.24. The maximum Gasteiger partial charge on any atom is 0.234 e. The van der Waals surface area contributed by atoms with Crippen LogP contribution in [0.25, 0.3) is 0 Å². The van der Waals surface area contributed by atoms with Crippen molar-refractivity contribution in [3.05, 3.63) is 59.5 Å². The first-order valence-corrected chi connectivity index (χ1v) is 7.31. The van der Waals surface area contributed by atoms with Gasteiger partial charge in [-0.05, 0) is 43.1 Å². The first-order chi connectivity index (χ1) is 10.2. The van der Waals surface area contributed by atoms with Gasteiger partial charge in [0.25, 0.3) is 0 Å². The summed E-state index contributed by atoms with van der Waals surface area (Å²) in [6.07, 6.45) is 3.80. The van der Waals surface area contributed by atoms with E-state index in [2.05, 4.69) is 34.5 Å². The molecule has 0 saturated heterocycles. The number of likely N-dealkylation sites (N-methyl/N-ethyl adjacent to an activating group) is 1. The van der Waals surface area contributed by atoms with Crippen molar-refractivity contribution in [2.24, 2.45) is 0 Å². The van der Waals surface area contributed by atoms with Gasteiger partial charge in [-0.3, -0.25) is 9.69 Å². The molecule has 1 aromatic carbocycles. The van der Waals surface area contributed by atoms with E-state index in [0.29, 0.717) is 19.1 Å². The largest absolute Gasteiger partial charge is 0.467 e. The summed E-state index contributed by atoms with van der Waals surface area (Å²) in [4.78, 5) is 14.2. The lowest BCUT2D eigenvalue weighted by atomic mass is 10.1. The number of nitrogens with zero attached hydrogens (tertiary/aromatic N) is 1. The summed E-state index contributed by atoms with van der Waals surface area (Å²) in [5.74, 6) is 0.801. The Morgan fingerprint density at radius 1 is 1.33 bits per heavy atom. The van der Waals surface area contributed by atoms with E-state index in [-0.39, 0.29) is 5.91 Å². The van der Waals surface area contributed by atoms with Crippen molar-refractivity contribution in [2.75, 3.05) is 13.6 Å². The zero-order chi connectivity index (χ0) is 14.7. The third-order valence-corrected chi connectivity index (χ3v) is 4.07. The van der Waals surface area contributed by atoms with Gasteiger partial charge in [0.2, 0.25) is 5.91 Å². The highest BCUT2D eigenvalue weighted by Crippen LogP contribution is 2.34. The molecule has 2 aromatic rings. The molecule has 0 aliphatic heterocycles. The van der Waals surface area contributed by atoms with Crippen LogP contribution < -0.4 is 5.32 Å². The van der Waals surface area contributed by atoms with Crippen molar-refractivity contribution in [1.29, 1.82) is 0 Å². The Morgan fingerprint density at radius 3 is 3.00 bits per heavy atom. The maximum atomic E-state index is 12.0. The smallest absolute Gasteiger partial charge is 0.234 e. The highest BCUT2D eigenvalue weighted by molar-refractivity contribution is 5.78. The molecule has 110 valence electrons. The summed E-state index contributed by atoms with van der Waals surface area (Å²) in [6.45, 7) is 0.848. The molecule has 0 radical (unpaired) electrons. The van der Waals surface area contributed by atoms with E-state index < -0.39 is 0 Å². The van der Waals surface area contributed by atoms with Gasteiger partial charge in [-0.2, -0.15) is 0 Å². The number of carbonyl (C=O) groups excluding carboxylic acids is 1. The van der Waals surface area contributed by atoms with Crippen LogP contribution in [0.15, 0.2) is 47.1 Å². The average molecular weight is 284 g/mol. The maximum absolute atomic E-state index is 12.0. The zero-order valence-corrected chi connectivity index (χ0v) is 12.2. The van der Waals surface area contributed by atoms with Gasteiger partial charge in [0.05, 0.1) is 19.4 Å². The predicted octanol–water partition coefficient (Wildman–Crippen LogP) is 2.52. The molecule has 3 rings (SSSR count). The molecular weight excluding hydrogens is 264 g/mol. The van der Waals surface area contributed by atoms with Crippen molar-refractivity contribution < 1.29 is 9.21 Å². The molecule has 1 aliphatic rings. The van der Waals surface area contributed by atoms with Crippen molar-refractivity contribution >= 4 is 5.91 Å². The summed E-state index contributed by atoms with van der Waals surface area (Å²) >= 11 is 0. The van der Waals surface area contributed by atoms with Crippen molar-refractivity contribution in [1.82, 2.24) is 10.2 Å². The second-order valence-corrected chi connectivity index (χ2v) is 5.52.